The molecule has 0 atom stereocenters. The Morgan fingerprint density at radius 1 is 1.17 bits per heavy atom. The summed E-state index contributed by atoms with van der Waals surface area (Å²) in [6.07, 6.45) is 6.27. The molecule has 0 fully saturated rings. The number of carbonyl (C=O) groups excluding carboxylic acids is 1. The van der Waals surface area contributed by atoms with Crippen LogP contribution >= 0.6 is 0 Å². The Morgan fingerprint density at radius 3 is 2.80 bits per heavy atom. The van der Waals surface area contributed by atoms with Crippen molar-refractivity contribution in [2.45, 2.75) is 13.5 Å². The molecule has 4 aromatic heterocycles. The van der Waals surface area contributed by atoms with Gasteiger partial charge in [0, 0.05) is 30.1 Å². The summed E-state index contributed by atoms with van der Waals surface area (Å²) < 4.78 is 12.7. The van der Waals surface area contributed by atoms with E-state index in [-0.39, 0.29) is 23.7 Å². The van der Waals surface area contributed by atoms with Gasteiger partial charge in [-0.05, 0) is 37.3 Å². The minimum absolute atomic E-state index is 0.152. The van der Waals surface area contributed by atoms with Gasteiger partial charge in [0.2, 0.25) is 5.91 Å². The molecule has 4 heterocycles. The maximum atomic E-state index is 12.9. The molecular weight excluding hydrogens is 452 g/mol. The Bertz CT molecular complexity index is 1530. The third-order valence-electron chi connectivity index (χ3n) is 5.14. The van der Waals surface area contributed by atoms with Crippen LogP contribution in [0.4, 0.5) is 11.4 Å². The number of pyridine rings is 2. The average Bonchev–Trinajstić information content (AvgIpc) is 3.48. The van der Waals surface area contributed by atoms with Gasteiger partial charge in [-0.1, -0.05) is 0 Å². The molecule has 0 aliphatic carbocycles. The van der Waals surface area contributed by atoms with Gasteiger partial charge in [-0.2, -0.15) is 5.10 Å². The number of hydrogen-bond donors (Lipinski definition) is 1. The zero-order valence-electron chi connectivity index (χ0n) is 18.4. The van der Waals surface area contributed by atoms with Crippen LogP contribution in [0.5, 0.6) is 11.5 Å². The van der Waals surface area contributed by atoms with Crippen molar-refractivity contribution in [2.24, 2.45) is 0 Å². The van der Waals surface area contributed by atoms with Crippen molar-refractivity contribution in [1.29, 1.82) is 0 Å². The van der Waals surface area contributed by atoms with Gasteiger partial charge in [-0.15, -0.1) is 0 Å². The number of amides is 1. The second kappa shape index (κ2) is 9.06. The van der Waals surface area contributed by atoms with Gasteiger partial charge in [0.15, 0.2) is 5.65 Å². The number of anilines is 1. The lowest BCUT2D eigenvalue weighted by Gasteiger charge is -2.10. The highest BCUT2D eigenvalue weighted by Crippen LogP contribution is 2.31. The highest BCUT2D eigenvalue weighted by molar-refractivity contribution is 5.95. The number of nitro groups is 1. The average molecular weight is 470 g/mol. The molecule has 1 amide bonds. The minimum atomic E-state index is -0.559. The second-order valence-electron chi connectivity index (χ2n) is 7.59. The Hall–Kier alpha value is -5.06. The fourth-order valence-corrected chi connectivity index (χ4v) is 3.73. The molecule has 11 heteroatoms. The van der Waals surface area contributed by atoms with Crippen LogP contribution in [-0.4, -0.2) is 30.6 Å². The van der Waals surface area contributed by atoms with Crippen molar-refractivity contribution in [3.63, 3.8) is 0 Å². The standard InChI is InChI=1S/C24H18N6O5/c1-15-23-20(21-5-3-9-34-21)6-8-26-24(23)29(28-15)14-22(31)27-16-10-17(30(32)33)12-19(11-16)35-18-4-2-7-25-13-18/h2-13H,14H2,1H3,(H,27,31). The number of nitrogens with zero attached hydrogens (tertiary/aromatic N) is 5. The van der Waals surface area contributed by atoms with Crippen molar-refractivity contribution in [2.75, 3.05) is 5.32 Å². The monoisotopic (exact) mass is 470 g/mol. The van der Waals surface area contributed by atoms with Gasteiger partial charge < -0.3 is 14.5 Å². The number of nitrogens with one attached hydrogen (secondary N) is 1. The summed E-state index contributed by atoms with van der Waals surface area (Å²) in [4.78, 5) is 32.1. The Balaban J connectivity index is 1.40. The fourth-order valence-electron chi connectivity index (χ4n) is 3.73. The summed E-state index contributed by atoms with van der Waals surface area (Å²) >= 11 is 0. The smallest absolute Gasteiger partial charge is 0.275 e. The van der Waals surface area contributed by atoms with E-state index in [1.54, 1.807) is 36.9 Å². The third kappa shape index (κ3) is 4.55. The zero-order chi connectivity index (χ0) is 24.4. The van der Waals surface area contributed by atoms with Crippen LogP contribution in [0.15, 0.2) is 77.8 Å². The van der Waals surface area contributed by atoms with Gasteiger partial charge in [-0.3, -0.25) is 19.9 Å². The lowest BCUT2D eigenvalue weighted by molar-refractivity contribution is -0.384. The number of aromatic nitrogens is 4. The zero-order valence-corrected chi connectivity index (χ0v) is 18.4. The van der Waals surface area contributed by atoms with Crippen LogP contribution in [-0.2, 0) is 11.3 Å². The number of aryl methyl sites for hydroxylation is 1. The summed E-state index contributed by atoms with van der Waals surface area (Å²) in [5.74, 6) is 0.824. The number of furan rings is 1. The molecule has 0 saturated heterocycles. The molecule has 0 radical (unpaired) electrons. The summed E-state index contributed by atoms with van der Waals surface area (Å²) in [5, 5.41) is 19.3. The molecule has 0 aliphatic heterocycles. The fraction of sp³-hybridized carbons (Fsp3) is 0.0833. The van der Waals surface area contributed by atoms with E-state index >= 15 is 0 Å². The summed E-state index contributed by atoms with van der Waals surface area (Å²) in [6.45, 7) is 1.67. The number of ether oxygens (including phenoxy) is 1. The van der Waals surface area contributed by atoms with Crippen molar-refractivity contribution in [3.8, 4) is 22.8 Å². The lowest BCUT2D eigenvalue weighted by atomic mass is 10.1. The first-order valence-corrected chi connectivity index (χ1v) is 10.5. The van der Waals surface area contributed by atoms with E-state index in [0.717, 1.165) is 10.9 Å². The molecule has 0 unspecified atom stereocenters. The van der Waals surface area contributed by atoms with Gasteiger partial charge >= 0.3 is 0 Å². The Kier molecular flexibility index (Phi) is 5.63. The van der Waals surface area contributed by atoms with Gasteiger partial charge in [0.05, 0.1) is 40.2 Å². The minimum Gasteiger partial charge on any atom is -0.464 e. The molecule has 11 nitrogen and oxygen atoms in total. The number of benzene rings is 1. The normalized spacial score (nSPS) is 10.9. The Labute approximate surface area is 198 Å². The van der Waals surface area contributed by atoms with Gasteiger partial charge in [0.1, 0.15) is 23.8 Å². The number of rotatable bonds is 7. The molecule has 5 aromatic rings. The maximum Gasteiger partial charge on any atom is 0.275 e. The molecule has 174 valence electrons. The quantitative estimate of drug-likeness (QED) is 0.266. The van der Waals surface area contributed by atoms with Gasteiger partial charge in [0.25, 0.3) is 5.69 Å². The van der Waals surface area contributed by atoms with Crippen LogP contribution in [0.25, 0.3) is 22.4 Å². The van der Waals surface area contributed by atoms with Crippen LogP contribution in [0.2, 0.25) is 0 Å². The molecule has 0 aliphatic rings. The Morgan fingerprint density at radius 2 is 2.06 bits per heavy atom. The van der Waals surface area contributed by atoms with Crippen molar-refractivity contribution >= 4 is 28.3 Å². The molecular formula is C24H18N6O5. The second-order valence-corrected chi connectivity index (χ2v) is 7.59. The number of hydrogen-bond acceptors (Lipinski definition) is 8. The number of non-ortho nitro benzene ring substituents is 1. The molecule has 5 rings (SSSR count). The predicted molar refractivity (Wildman–Crippen MR) is 126 cm³/mol. The number of carbonyl (C=O) groups is 1. The highest BCUT2D eigenvalue weighted by Gasteiger charge is 2.18. The largest absolute Gasteiger partial charge is 0.464 e. The SMILES string of the molecule is Cc1nn(CC(=O)Nc2cc(Oc3cccnc3)cc([N+](=O)[O-])c2)c2nccc(-c3ccco3)c12. The topological polar surface area (TPSA) is 138 Å². The van der Waals surface area contributed by atoms with E-state index in [9.17, 15) is 14.9 Å². The van der Waals surface area contributed by atoms with E-state index in [4.69, 9.17) is 9.15 Å². The first-order valence-electron chi connectivity index (χ1n) is 10.5. The van der Waals surface area contributed by atoms with Gasteiger partial charge in [-0.25, -0.2) is 9.67 Å². The van der Waals surface area contributed by atoms with Crippen LogP contribution in [0.1, 0.15) is 5.69 Å². The summed E-state index contributed by atoms with van der Waals surface area (Å²) in [6, 6.07) is 12.8. The molecule has 35 heavy (non-hydrogen) atoms. The molecule has 1 N–H and O–H groups in total. The van der Waals surface area contributed by atoms with E-state index < -0.39 is 10.8 Å². The van der Waals surface area contributed by atoms with Crippen molar-refractivity contribution in [3.05, 3.63) is 89.2 Å². The maximum absolute atomic E-state index is 12.9. The summed E-state index contributed by atoms with van der Waals surface area (Å²) in [5.41, 5.74) is 2.01. The van der Waals surface area contributed by atoms with E-state index in [0.29, 0.717) is 22.9 Å². The lowest BCUT2D eigenvalue weighted by Crippen LogP contribution is -2.20. The number of nitro benzene ring substituents is 1. The van der Waals surface area contributed by atoms with Crippen molar-refractivity contribution < 1.29 is 18.9 Å². The van der Waals surface area contributed by atoms with E-state index in [2.05, 4.69) is 20.4 Å². The predicted octanol–water partition coefficient (Wildman–Crippen LogP) is 4.73. The third-order valence-corrected chi connectivity index (χ3v) is 5.14. The van der Waals surface area contributed by atoms with E-state index in [1.165, 1.54) is 29.1 Å². The van der Waals surface area contributed by atoms with Crippen molar-refractivity contribution in [1.82, 2.24) is 19.7 Å². The molecule has 0 spiro atoms. The molecule has 0 bridgehead atoms. The van der Waals surface area contributed by atoms with Crippen LogP contribution < -0.4 is 10.1 Å². The highest BCUT2D eigenvalue weighted by atomic mass is 16.6. The molecule has 1 aromatic carbocycles. The first kappa shape index (κ1) is 21.8. The summed E-state index contributed by atoms with van der Waals surface area (Å²) in [7, 11) is 0. The van der Waals surface area contributed by atoms with Crippen LogP contribution in [0, 0.1) is 17.0 Å². The van der Waals surface area contributed by atoms with Crippen LogP contribution in [0.3, 0.4) is 0 Å². The first-order chi connectivity index (χ1) is 17.0. The number of fused-ring (bicyclic) bond motifs is 1. The van der Waals surface area contributed by atoms with E-state index in [1.807, 2.05) is 19.1 Å². The molecule has 0 saturated carbocycles.